The molecule has 0 unspecified atom stereocenters. The summed E-state index contributed by atoms with van der Waals surface area (Å²) in [6.07, 6.45) is 14.8. The first kappa shape index (κ1) is 17.5. The van der Waals surface area contributed by atoms with Crippen molar-refractivity contribution >= 4 is 10.1 Å². The average molecular weight is 300 g/mol. The van der Waals surface area contributed by atoms with Gasteiger partial charge in [-0.25, -0.2) is 0 Å². The third-order valence-corrected chi connectivity index (χ3v) is 4.38. The molecule has 0 N–H and O–H groups in total. The molecular formula is C16H28O3S. The van der Waals surface area contributed by atoms with Gasteiger partial charge in [-0.05, 0) is 12.3 Å². The van der Waals surface area contributed by atoms with Crippen LogP contribution in [0.15, 0.2) is 0 Å². The van der Waals surface area contributed by atoms with Crippen LogP contribution in [0.4, 0.5) is 0 Å². The van der Waals surface area contributed by atoms with Crippen molar-refractivity contribution in [1.82, 2.24) is 0 Å². The summed E-state index contributed by atoms with van der Waals surface area (Å²) in [5, 5.41) is 0. The Morgan fingerprint density at radius 2 is 1.70 bits per heavy atom. The van der Waals surface area contributed by atoms with Crippen LogP contribution in [0.1, 0.15) is 70.6 Å². The van der Waals surface area contributed by atoms with Crippen molar-refractivity contribution in [3.63, 3.8) is 0 Å². The zero-order valence-electron chi connectivity index (χ0n) is 12.7. The number of rotatable bonds is 8. The minimum atomic E-state index is -3.31. The Labute approximate surface area is 124 Å². The van der Waals surface area contributed by atoms with Crippen molar-refractivity contribution in [2.45, 2.75) is 70.6 Å². The van der Waals surface area contributed by atoms with Crippen molar-refractivity contribution in [2.24, 2.45) is 5.92 Å². The predicted molar refractivity (Wildman–Crippen MR) is 82.8 cm³/mol. The molecule has 0 atom stereocenters. The first-order chi connectivity index (χ1) is 9.58. The van der Waals surface area contributed by atoms with Crippen molar-refractivity contribution in [3.8, 4) is 11.8 Å². The summed E-state index contributed by atoms with van der Waals surface area (Å²) in [4.78, 5) is 0. The lowest BCUT2D eigenvalue weighted by atomic mass is 9.85. The lowest BCUT2D eigenvalue weighted by Crippen LogP contribution is -2.05. The second kappa shape index (κ2) is 10.2. The third-order valence-electron chi connectivity index (χ3n) is 3.79. The summed E-state index contributed by atoms with van der Waals surface area (Å²) in [6, 6.07) is 0. The van der Waals surface area contributed by atoms with Gasteiger partial charge >= 0.3 is 0 Å². The minimum absolute atomic E-state index is 0.174. The summed E-state index contributed by atoms with van der Waals surface area (Å²) in [5.41, 5.74) is 0. The second-order valence-corrected chi connectivity index (χ2v) is 7.38. The Kier molecular flexibility index (Phi) is 8.97. The maximum absolute atomic E-state index is 10.7. The zero-order chi connectivity index (χ0) is 14.7. The molecule has 3 nitrogen and oxygen atoms in total. The molecular weight excluding hydrogens is 272 g/mol. The summed E-state index contributed by atoms with van der Waals surface area (Å²) in [5.74, 6) is 7.03. The Bertz CT molecular complexity index is 397. The van der Waals surface area contributed by atoms with Crippen LogP contribution < -0.4 is 0 Å². The van der Waals surface area contributed by atoms with Crippen molar-refractivity contribution in [3.05, 3.63) is 0 Å². The molecule has 116 valence electrons. The maximum Gasteiger partial charge on any atom is 0.264 e. The second-order valence-electron chi connectivity index (χ2n) is 5.73. The molecule has 1 fully saturated rings. The van der Waals surface area contributed by atoms with Crippen molar-refractivity contribution in [1.29, 1.82) is 0 Å². The van der Waals surface area contributed by atoms with Crippen LogP contribution in [0.25, 0.3) is 0 Å². The monoisotopic (exact) mass is 300 g/mol. The molecule has 0 aromatic heterocycles. The fourth-order valence-electron chi connectivity index (χ4n) is 2.72. The molecule has 1 saturated carbocycles. The van der Waals surface area contributed by atoms with Crippen LogP contribution >= 0.6 is 0 Å². The molecule has 20 heavy (non-hydrogen) atoms. The van der Waals surface area contributed by atoms with E-state index in [1.807, 2.05) is 0 Å². The first-order valence-electron chi connectivity index (χ1n) is 7.88. The topological polar surface area (TPSA) is 43.4 Å². The maximum atomic E-state index is 10.7. The van der Waals surface area contributed by atoms with Crippen molar-refractivity contribution < 1.29 is 12.6 Å². The normalized spacial score (nSPS) is 16.6. The first-order valence-corrected chi connectivity index (χ1v) is 9.70. The van der Waals surface area contributed by atoms with Gasteiger partial charge in [0.1, 0.15) is 0 Å². The van der Waals surface area contributed by atoms with E-state index in [1.54, 1.807) is 0 Å². The van der Waals surface area contributed by atoms with Gasteiger partial charge in [-0.2, -0.15) is 8.42 Å². The van der Waals surface area contributed by atoms with E-state index in [4.69, 9.17) is 0 Å². The molecule has 0 heterocycles. The highest BCUT2D eigenvalue weighted by Crippen LogP contribution is 2.27. The molecule has 1 rings (SSSR count). The lowest BCUT2D eigenvalue weighted by molar-refractivity contribution is 0.328. The van der Waals surface area contributed by atoms with Gasteiger partial charge in [-0.1, -0.05) is 51.4 Å². The Morgan fingerprint density at radius 3 is 2.40 bits per heavy atom. The van der Waals surface area contributed by atoms with Crippen LogP contribution in [0.2, 0.25) is 0 Å². The summed E-state index contributed by atoms with van der Waals surface area (Å²) in [7, 11) is -3.31. The SMILES string of the molecule is CS(=O)(=O)OCCC#CCCCCCC1CCCCC1. The van der Waals surface area contributed by atoms with E-state index < -0.39 is 10.1 Å². The highest BCUT2D eigenvalue weighted by Gasteiger charge is 2.12. The van der Waals surface area contributed by atoms with E-state index in [9.17, 15) is 8.42 Å². The van der Waals surface area contributed by atoms with Crippen LogP contribution in [0, 0.1) is 17.8 Å². The van der Waals surface area contributed by atoms with Gasteiger partial charge in [0, 0.05) is 12.8 Å². The van der Waals surface area contributed by atoms with Crippen LogP contribution in [0.3, 0.4) is 0 Å². The van der Waals surface area contributed by atoms with Gasteiger partial charge in [0.15, 0.2) is 0 Å². The van der Waals surface area contributed by atoms with Crippen molar-refractivity contribution in [2.75, 3.05) is 12.9 Å². The average Bonchev–Trinajstić information content (AvgIpc) is 2.41. The van der Waals surface area contributed by atoms with E-state index in [2.05, 4.69) is 16.0 Å². The highest BCUT2D eigenvalue weighted by atomic mass is 32.2. The number of unbranched alkanes of at least 4 members (excludes halogenated alkanes) is 3. The van der Waals surface area contributed by atoms with E-state index in [0.29, 0.717) is 6.42 Å². The molecule has 0 aromatic rings. The van der Waals surface area contributed by atoms with Gasteiger partial charge in [0.05, 0.1) is 12.9 Å². The molecule has 0 amide bonds. The van der Waals surface area contributed by atoms with Crippen LogP contribution in [0.5, 0.6) is 0 Å². The molecule has 1 aliphatic carbocycles. The van der Waals surface area contributed by atoms with E-state index in [1.165, 1.54) is 51.4 Å². The molecule has 4 heteroatoms. The Morgan fingerprint density at radius 1 is 1.00 bits per heavy atom. The fraction of sp³-hybridized carbons (Fsp3) is 0.875. The standard InChI is InChI=1S/C16H28O3S/c1-20(17,18)19-15-11-6-4-2-3-5-8-12-16-13-9-7-10-14-16/h16H,2-3,5,7-15H2,1H3. The fourth-order valence-corrected chi connectivity index (χ4v) is 3.11. The smallest absolute Gasteiger partial charge is 0.264 e. The molecule has 0 aliphatic heterocycles. The quantitative estimate of drug-likeness (QED) is 0.388. The zero-order valence-corrected chi connectivity index (χ0v) is 13.5. The largest absolute Gasteiger partial charge is 0.269 e. The van der Waals surface area contributed by atoms with Gasteiger partial charge in [0.25, 0.3) is 10.1 Å². The van der Waals surface area contributed by atoms with Gasteiger partial charge < -0.3 is 0 Å². The highest BCUT2D eigenvalue weighted by molar-refractivity contribution is 7.85. The Balaban J connectivity index is 1.89. The van der Waals surface area contributed by atoms with Gasteiger partial charge in [-0.3, -0.25) is 4.18 Å². The molecule has 0 aromatic carbocycles. The summed E-state index contributed by atoms with van der Waals surface area (Å²) < 4.78 is 26.0. The van der Waals surface area contributed by atoms with E-state index >= 15 is 0 Å². The van der Waals surface area contributed by atoms with Crippen LogP contribution in [-0.4, -0.2) is 21.3 Å². The molecule has 0 bridgehead atoms. The van der Waals surface area contributed by atoms with Gasteiger partial charge in [-0.15, -0.1) is 11.8 Å². The number of hydrogen-bond acceptors (Lipinski definition) is 3. The van der Waals surface area contributed by atoms with Gasteiger partial charge in [0.2, 0.25) is 0 Å². The summed E-state index contributed by atoms with van der Waals surface area (Å²) in [6.45, 7) is 0.174. The summed E-state index contributed by atoms with van der Waals surface area (Å²) >= 11 is 0. The number of hydrogen-bond donors (Lipinski definition) is 0. The van der Waals surface area contributed by atoms with Crippen LogP contribution in [-0.2, 0) is 14.3 Å². The lowest BCUT2D eigenvalue weighted by Gasteiger charge is -2.21. The molecule has 0 spiro atoms. The predicted octanol–water partition coefficient (Wildman–Crippen LogP) is 3.89. The van der Waals surface area contributed by atoms with E-state index in [-0.39, 0.29) is 6.61 Å². The molecule has 1 aliphatic rings. The molecule has 0 saturated heterocycles. The molecule has 0 radical (unpaired) electrons. The Hall–Kier alpha value is -0.530. The van der Waals surface area contributed by atoms with E-state index in [0.717, 1.165) is 25.0 Å². The minimum Gasteiger partial charge on any atom is -0.269 e. The third kappa shape index (κ3) is 10.3.